The summed E-state index contributed by atoms with van der Waals surface area (Å²) >= 11 is 0. The molecule has 4 aromatic rings. The molecule has 0 saturated heterocycles. The van der Waals surface area contributed by atoms with Crippen LogP contribution in [0.3, 0.4) is 0 Å². The van der Waals surface area contributed by atoms with Gasteiger partial charge < -0.3 is 24.4 Å². The Hall–Kier alpha value is -4.85. The van der Waals surface area contributed by atoms with Gasteiger partial charge in [-0.15, -0.1) is 0 Å². The molecule has 7 nitrogen and oxygen atoms in total. The van der Waals surface area contributed by atoms with Crippen LogP contribution in [0.2, 0.25) is 0 Å². The Morgan fingerprint density at radius 3 is 2.10 bits per heavy atom. The number of nitrogens with one attached hydrogen (secondary N) is 1. The van der Waals surface area contributed by atoms with E-state index in [0.717, 1.165) is 0 Å². The normalized spacial score (nSPS) is 16.3. The number of benzene rings is 4. The molecular weight excluding hydrogens is 499 g/mol. The Morgan fingerprint density at radius 1 is 0.821 bits per heavy atom. The fourth-order valence-electron chi connectivity index (χ4n) is 4.89. The van der Waals surface area contributed by atoms with Gasteiger partial charge in [0, 0.05) is 23.9 Å². The second-order valence-electron chi connectivity index (χ2n) is 9.08. The number of rotatable bonds is 7. The number of likely N-dealkylation sites (N-methyl/N-ethyl adjacent to an activating group) is 1. The summed E-state index contributed by atoms with van der Waals surface area (Å²) in [5.74, 6) is -0.201. The van der Waals surface area contributed by atoms with Crippen molar-refractivity contribution in [2.75, 3.05) is 26.6 Å². The van der Waals surface area contributed by atoms with Crippen LogP contribution in [0.4, 0.5) is 10.1 Å². The third-order valence-electron chi connectivity index (χ3n) is 6.78. The van der Waals surface area contributed by atoms with Crippen LogP contribution in [0.5, 0.6) is 23.0 Å². The number of hydrogen-bond acceptors (Lipinski definition) is 5. The minimum absolute atomic E-state index is 0.237. The Morgan fingerprint density at radius 2 is 1.44 bits per heavy atom. The molecule has 5 rings (SSSR count). The van der Waals surface area contributed by atoms with Gasteiger partial charge in [0.15, 0.2) is 11.5 Å². The molecule has 2 amide bonds. The van der Waals surface area contributed by atoms with Crippen molar-refractivity contribution in [3.05, 3.63) is 114 Å². The van der Waals surface area contributed by atoms with Gasteiger partial charge in [0.25, 0.3) is 5.91 Å². The average molecular weight is 527 g/mol. The fraction of sp³-hybridized carbons (Fsp3) is 0.161. The fourth-order valence-corrected chi connectivity index (χ4v) is 4.89. The van der Waals surface area contributed by atoms with E-state index in [1.165, 1.54) is 25.2 Å². The number of carbonyl (C=O) groups is 2. The summed E-state index contributed by atoms with van der Waals surface area (Å²) in [5, 5.41) is 2.94. The SMILES string of the molecule is COc1cc2c(cc1OC)[C@H](C(=O)Nc1ccc(Oc3ccccc3)cc1)[C@@H](c1ccccc1F)N(C)C2=O. The monoisotopic (exact) mass is 526 g/mol. The van der Waals surface area contributed by atoms with Gasteiger partial charge >= 0.3 is 0 Å². The summed E-state index contributed by atoms with van der Waals surface area (Å²) in [5.41, 5.74) is 1.47. The van der Waals surface area contributed by atoms with Crippen LogP contribution in [-0.2, 0) is 4.79 Å². The number of ether oxygens (including phenoxy) is 3. The zero-order chi connectivity index (χ0) is 27.5. The largest absolute Gasteiger partial charge is 0.493 e. The highest BCUT2D eigenvalue weighted by Gasteiger charge is 2.44. The minimum Gasteiger partial charge on any atom is -0.493 e. The Kier molecular flexibility index (Phi) is 7.19. The lowest BCUT2D eigenvalue weighted by molar-refractivity contribution is -0.119. The summed E-state index contributed by atoms with van der Waals surface area (Å²) in [4.78, 5) is 28.8. The highest BCUT2D eigenvalue weighted by molar-refractivity contribution is 6.05. The van der Waals surface area contributed by atoms with Crippen LogP contribution >= 0.6 is 0 Å². The highest BCUT2D eigenvalue weighted by Crippen LogP contribution is 2.46. The molecule has 4 aromatic carbocycles. The van der Waals surface area contributed by atoms with Gasteiger partial charge in [0.05, 0.1) is 26.2 Å². The number of anilines is 1. The molecule has 0 unspecified atom stereocenters. The molecule has 0 spiro atoms. The van der Waals surface area contributed by atoms with Crippen molar-refractivity contribution in [3.63, 3.8) is 0 Å². The van der Waals surface area contributed by atoms with Crippen molar-refractivity contribution in [3.8, 4) is 23.0 Å². The number of nitrogens with zero attached hydrogens (tertiary/aromatic N) is 1. The first-order valence-electron chi connectivity index (χ1n) is 12.3. The van der Waals surface area contributed by atoms with Crippen LogP contribution in [0, 0.1) is 5.82 Å². The van der Waals surface area contributed by atoms with Crippen molar-refractivity contribution >= 4 is 17.5 Å². The van der Waals surface area contributed by atoms with E-state index in [-0.39, 0.29) is 17.0 Å². The van der Waals surface area contributed by atoms with E-state index in [1.807, 2.05) is 30.3 Å². The molecule has 2 atom stereocenters. The van der Waals surface area contributed by atoms with Gasteiger partial charge in [-0.05, 0) is 60.2 Å². The van der Waals surface area contributed by atoms with Gasteiger partial charge in [-0.1, -0.05) is 36.4 Å². The van der Waals surface area contributed by atoms with Crippen LogP contribution in [0.15, 0.2) is 91.0 Å². The van der Waals surface area contributed by atoms with E-state index in [4.69, 9.17) is 14.2 Å². The van der Waals surface area contributed by atoms with E-state index < -0.39 is 23.7 Å². The summed E-state index contributed by atoms with van der Waals surface area (Å²) < 4.78 is 31.8. The first-order valence-corrected chi connectivity index (χ1v) is 12.3. The highest BCUT2D eigenvalue weighted by atomic mass is 19.1. The number of carbonyl (C=O) groups excluding carboxylic acids is 2. The lowest BCUT2D eigenvalue weighted by Gasteiger charge is -2.40. The van der Waals surface area contributed by atoms with Crippen LogP contribution in [0.1, 0.15) is 33.4 Å². The lowest BCUT2D eigenvalue weighted by atomic mass is 9.79. The van der Waals surface area contributed by atoms with Gasteiger partial charge in [-0.2, -0.15) is 0 Å². The summed E-state index contributed by atoms with van der Waals surface area (Å²) in [6, 6.07) is 24.7. The maximum Gasteiger partial charge on any atom is 0.254 e. The third kappa shape index (κ3) is 5.01. The molecule has 0 bridgehead atoms. The molecule has 198 valence electrons. The van der Waals surface area contributed by atoms with Gasteiger partial charge in [-0.25, -0.2) is 4.39 Å². The molecule has 1 aliphatic rings. The maximum absolute atomic E-state index is 15.1. The van der Waals surface area contributed by atoms with Crippen LogP contribution < -0.4 is 19.5 Å². The molecule has 39 heavy (non-hydrogen) atoms. The molecule has 0 saturated carbocycles. The quantitative estimate of drug-likeness (QED) is 0.311. The van der Waals surface area contributed by atoms with Gasteiger partial charge in [-0.3, -0.25) is 9.59 Å². The van der Waals surface area contributed by atoms with Gasteiger partial charge in [0.2, 0.25) is 5.91 Å². The lowest BCUT2D eigenvalue weighted by Crippen LogP contribution is -2.44. The Labute approximate surface area is 225 Å². The Bertz CT molecular complexity index is 1510. The van der Waals surface area contributed by atoms with E-state index in [2.05, 4.69) is 5.32 Å². The second kappa shape index (κ2) is 10.9. The summed E-state index contributed by atoms with van der Waals surface area (Å²) in [6.45, 7) is 0. The molecule has 1 N–H and O–H groups in total. The number of hydrogen-bond donors (Lipinski definition) is 1. The predicted octanol–water partition coefficient (Wildman–Crippen LogP) is 6.18. The van der Waals surface area contributed by atoms with E-state index in [0.29, 0.717) is 34.2 Å². The molecule has 0 aromatic heterocycles. The summed E-state index contributed by atoms with van der Waals surface area (Å²) in [6.07, 6.45) is 0. The molecular formula is C31H27FN2O5. The van der Waals surface area contributed by atoms with E-state index >= 15 is 4.39 Å². The van der Waals surface area contributed by atoms with Crippen LogP contribution in [0.25, 0.3) is 0 Å². The number of amides is 2. The average Bonchev–Trinajstić information content (AvgIpc) is 2.96. The van der Waals surface area contributed by atoms with Crippen molar-refractivity contribution in [2.45, 2.75) is 12.0 Å². The molecule has 1 aliphatic heterocycles. The standard InChI is InChI=1S/C31H27FN2O5/c1-34-29(22-11-7-8-12-25(22)32)28(23-17-26(37-2)27(38-3)18-24(23)31(34)36)30(35)33-19-13-15-21(16-14-19)39-20-9-5-4-6-10-20/h4-18,28-29H,1-3H3,(H,33,35)/t28-,29+/m0/s1. The number of para-hydroxylation sites is 1. The first kappa shape index (κ1) is 25.8. The Balaban J connectivity index is 1.53. The zero-order valence-electron chi connectivity index (χ0n) is 21.7. The summed E-state index contributed by atoms with van der Waals surface area (Å²) in [7, 11) is 4.51. The van der Waals surface area contributed by atoms with Crippen molar-refractivity contribution < 1.29 is 28.2 Å². The topological polar surface area (TPSA) is 77.1 Å². The first-order chi connectivity index (χ1) is 18.9. The van der Waals surface area contributed by atoms with Gasteiger partial charge in [0.1, 0.15) is 17.3 Å². The van der Waals surface area contributed by atoms with Crippen molar-refractivity contribution in [2.24, 2.45) is 0 Å². The van der Waals surface area contributed by atoms with Crippen LogP contribution in [-0.4, -0.2) is 38.0 Å². The smallest absolute Gasteiger partial charge is 0.254 e. The number of fused-ring (bicyclic) bond motifs is 1. The molecule has 0 fully saturated rings. The molecule has 0 aliphatic carbocycles. The van der Waals surface area contributed by atoms with E-state index in [9.17, 15) is 9.59 Å². The van der Waals surface area contributed by atoms with E-state index in [1.54, 1.807) is 61.6 Å². The minimum atomic E-state index is -0.945. The maximum atomic E-state index is 15.1. The van der Waals surface area contributed by atoms with Crippen molar-refractivity contribution in [1.82, 2.24) is 4.90 Å². The number of methoxy groups -OCH3 is 2. The number of halogens is 1. The predicted molar refractivity (Wildman–Crippen MR) is 145 cm³/mol. The second-order valence-corrected chi connectivity index (χ2v) is 9.08. The molecule has 8 heteroatoms. The third-order valence-corrected chi connectivity index (χ3v) is 6.78. The molecule has 1 heterocycles. The van der Waals surface area contributed by atoms with Crippen molar-refractivity contribution in [1.29, 1.82) is 0 Å². The molecule has 0 radical (unpaired) electrons. The zero-order valence-corrected chi connectivity index (χ0v) is 21.7.